The summed E-state index contributed by atoms with van der Waals surface area (Å²) in [6.07, 6.45) is 1.98. The monoisotopic (exact) mass is 194 g/mol. The predicted octanol–water partition coefficient (Wildman–Crippen LogP) is 3.22. The van der Waals surface area contributed by atoms with Gasteiger partial charge in [-0.3, -0.25) is 0 Å². The number of hydrogen-bond acceptors (Lipinski definition) is 0. The molecule has 0 aromatic rings. The molecule has 0 N–H and O–H groups in total. The Bertz CT molecular complexity index is 93.6. The van der Waals surface area contributed by atoms with Gasteiger partial charge in [0.25, 0.3) is 0 Å². The number of allylic oxidation sites excluding steroid dienone is 1. The van der Waals surface area contributed by atoms with Gasteiger partial charge in [0.05, 0.1) is 0 Å². The fourth-order valence-electron chi connectivity index (χ4n) is 0.278. The standard InChI is InChI=1S/C4H9.C3H5.Cu.H2P/c1-4(2)3;1-3-2;;/h1-3H3;3H,1-2H2;;1H2/q;;+1;-1. The molecule has 0 aromatic heterocycles. The first-order valence-corrected chi connectivity index (χ1v) is 5.97. The van der Waals surface area contributed by atoms with Crippen molar-refractivity contribution >= 4 is 7.93 Å². The van der Waals surface area contributed by atoms with Gasteiger partial charge in [-0.25, -0.2) is 0 Å². The van der Waals surface area contributed by atoms with E-state index in [0.29, 0.717) is 17.8 Å². The minimum absolute atomic E-state index is 0.422. The molecule has 0 fully saturated rings. The number of rotatable bonds is 2. The topological polar surface area (TPSA) is 0 Å². The molecule has 0 saturated carbocycles. The molecular formula is C7H16CuP. The molecule has 1 unspecified atom stereocenters. The van der Waals surface area contributed by atoms with E-state index >= 15 is 0 Å². The van der Waals surface area contributed by atoms with Crippen LogP contribution in [0.5, 0.6) is 0 Å². The third-order valence-electron chi connectivity index (χ3n) is 0.801. The predicted molar refractivity (Wildman–Crippen MR) is 44.4 cm³/mol. The van der Waals surface area contributed by atoms with Gasteiger partial charge in [-0.15, -0.1) is 0 Å². The Balaban J connectivity index is 3.72. The van der Waals surface area contributed by atoms with Crippen molar-refractivity contribution in [1.29, 1.82) is 0 Å². The second kappa shape index (κ2) is 3.76. The van der Waals surface area contributed by atoms with E-state index < -0.39 is 0 Å². The fourth-order valence-corrected chi connectivity index (χ4v) is 1.56. The van der Waals surface area contributed by atoms with E-state index in [1.54, 1.807) is 0 Å². The van der Waals surface area contributed by atoms with Gasteiger partial charge in [0.1, 0.15) is 0 Å². The normalized spacial score (nSPS) is 13.1. The molecule has 0 aliphatic carbocycles. The van der Waals surface area contributed by atoms with Crippen molar-refractivity contribution in [3.63, 3.8) is 0 Å². The average molecular weight is 195 g/mol. The first kappa shape index (κ1) is 9.69. The zero-order valence-corrected chi connectivity index (χ0v) is 8.47. The summed E-state index contributed by atoms with van der Waals surface area (Å²) in [4.78, 5) is 0. The van der Waals surface area contributed by atoms with Gasteiger partial charge < -0.3 is 0 Å². The molecule has 0 amide bonds. The Kier molecular flexibility index (Phi) is 4.05. The Labute approximate surface area is 64.8 Å². The number of hydrogen-bond donors (Lipinski definition) is 0. The molecule has 0 aliphatic heterocycles. The van der Waals surface area contributed by atoms with Crippen LogP contribution in [0.15, 0.2) is 12.7 Å². The molecule has 0 radical (unpaired) electrons. The van der Waals surface area contributed by atoms with Crippen molar-refractivity contribution in [2.24, 2.45) is 0 Å². The maximum atomic E-state index is 3.71. The van der Waals surface area contributed by atoms with E-state index in [0.717, 1.165) is 5.32 Å². The average Bonchev–Trinajstić information content (AvgIpc) is 1.64. The summed E-state index contributed by atoms with van der Waals surface area (Å²) in [5.74, 6) is 0. The minimum atomic E-state index is 0.422. The summed E-state index contributed by atoms with van der Waals surface area (Å²) >= 11 is 0.474. The van der Waals surface area contributed by atoms with Crippen LogP contribution in [0.25, 0.3) is 0 Å². The third-order valence-corrected chi connectivity index (χ3v) is 6.04. The van der Waals surface area contributed by atoms with E-state index in [2.05, 4.69) is 35.3 Å². The molecule has 60 valence electrons. The van der Waals surface area contributed by atoms with Crippen LogP contribution in [0.2, 0.25) is 9.63 Å². The van der Waals surface area contributed by atoms with Crippen molar-refractivity contribution < 1.29 is 13.5 Å². The van der Waals surface area contributed by atoms with Crippen molar-refractivity contribution in [2.45, 2.75) is 30.4 Å². The van der Waals surface area contributed by atoms with Gasteiger partial charge in [-0.05, 0) is 0 Å². The summed E-state index contributed by atoms with van der Waals surface area (Å²) in [6, 6.07) is 0. The first-order chi connectivity index (χ1) is 3.98. The molecule has 0 aliphatic rings. The summed E-state index contributed by atoms with van der Waals surface area (Å²) in [5.41, 5.74) is 0. The van der Waals surface area contributed by atoms with Crippen molar-refractivity contribution in [2.75, 3.05) is 0 Å². The molecule has 0 bridgehead atoms. The molecule has 0 saturated heterocycles. The molecule has 0 aromatic carbocycles. The van der Waals surface area contributed by atoms with E-state index in [1.807, 2.05) is 6.08 Å². The van der Waals surface area contributed by atoms with Crippen LogP contribution in [0, 0.1) is 0 Å². The van der Waals surface area contributed by atoms with Crippen LogP contribution in [0.4, 0.5) is 0 Å². The van der Waals surface area contributed by atoms with Crippen molar-refractivity contribution in [3.8, 4) is 0 Å². The summed E-state index contributed by atoms with van der Waals surface area (Å²) in [5, 5.41) is 1.11. The molecule has 1 atom stereocenters. The zero-order chi connectivity index (χ0) is 7.49. The van der Waals surface area contributed by atoms with Gasteiger partial charge in [0.15, 0.2) is 0 Å². The Morgan fingerprint density at radius 1 is 1.56 bits per heavy atom. The molecule has 0 heterocycles. The van der Waals surface area contributed by atoms with Gasteiger partial charge in [-0.1, -0.05) is 0 Å². The van der Waals surface area contributed by atoms with Crippen LogP contribution in [-0.2, 0) is 13.5 Å². The first-order valence-electron chi connectivity index (χ1n) is 2.85. The van der Waals surface area contributed by atoms with Gasteiger partial charge >= 0.3 is 64.4 Å². The van der Waals surface area contributed by atoms with E-state index in [4.69, 9.17) is 0 Å². The van der Waals surface area contributed by atoms with E-state index in [9.17, 15) is 0 Å². The van der Waals surface area contributed by atoms with Crippen LogP contribution in [-0.4, -0.2) is 0 Å². The van der Waals surface area contributed by atoms with Crippen LogP contribution in [0.3, 0.4) is 0 Å². The molecule has 2 heteroatoms. The molecule has 0 rings (SSSR count). The molecule has 0 nitrogen and oxygen atoms in total. The van der Waals surface area contributed by atoms with Crippen molar-refractivity contribution in [3.05, 3.63) is 12.7 Å². The quantitative estimate of drug-likeness (QED) is 0.360. The van der Waals surface area contributed by atoms with E-state index in [1.165, 1.54) is 0 Å². The summed E-state index contributed by atoms with van der Waals surface area (Å²) < 4.78 is 0.422. The van der Waals surface area contributed by atoms with Crippen LogP contribution < -0.4 is 0 Å². The second-order valence-electron chi connectivity index (χ2n) is 2.68. The zero-order valence-electron chi connectivity index (χ0n) is 6.37. The Morgan fingerprint density at radius 3 is 2.11 bits per heavy atom. The van der Waals surface area contributed by atoms with Crippen LogP contribution in [0.1, 0.15) is 20.8 Å². The third kappa shape index (κ3) is 4.14. The van der Waals surface area contributed by atoms with Gasteiger partial charge in [0, 0.05) is 0 Å². The van der Waals surface area contributed by atoms with Crippen molar-refractivity contribution in [1.82, 2.24) is 0 Å². The summed E-state index contributed by atoms with van der Waals surface area (Å²) in [6.45, 7) is 10.5. The summed E-state index contributed by atoms with van der Waals surface area (Å²) in [7, 11) is 2.87. The molecule has 0 spiro atoms. The second-order valence-corrected chi connectivity index (χ2v) is 7.20. The van der Waals surface area contributed by atoms with Crippen LogP contribution >= 0.6 is 7.93 Å². The molecular weight excluding hydrogens is 179 g/mol. The fraction of sp³-hybridized carbons (Fsp3) is 0.714. The Hall–Kier alpha value is 0.689. The van der Waals surface area contributed by atoms with Gasteiger partial charge in [0.2, 0.25) is 0 Å². The van der Waals surface area contributed by atoms with E-state index in [-0.39, 0.29) is 0 Å². The Morgan fingerprint density at radius 2 is 2.00 bits per heavy atom. The SMILES string of the molecule is C=C[CH2][Cu]([PH2])[C](C)(C)C. The maximum absolute atomic E-state index is 3.71. The van der Waals surface area contributed by atoms with Gasteiger partial charge in [-0.2, -0.15) is 0 Å². The molecule has 9 heavy (non-hydrogen) atoms.